The molecule has 3 aromatic carbocycles. The summed E-state index contributed by atoms with van der Waals surface area (Å²) in [6.07, 6.45) is -0.109. The zero-order valence-corrected chi connectivity index (χ0v) is 19.1. The van der Waals surface area contributed by atoms with E-state index in [-0.39, 0.29) is 19.4 Å². The summed E-state index contributed by atoms with van der Waals surface area (Å²) in [5.41, 5.74) is 3.08. The number of amides is 2. The summed E-state index contributed by atoms with van der Waals surface area (Å²) in [6, 6.07) is 20.6. The molecule has 0 unspecified atom stereocenters. The maximum Gasteiger partial charge on any atom is 0.320 e. The first-order valence-corrected chi connectivity index (χ1v) is 11.0. The third-order valence-corrected chi connectivity index (χ3v) is 5.74. The van der Waals surface area contributed by atoms with Crippen molar-refractivity contribution in [2.24, 2.45) is 0 Å². The first-order chi connectivity index (χ1) is 15.8. The third kappa shape index (κ3) is 7.15. The topological polar surface area (TPSA) is 95.5 Å². The van der Waals surface area contributed by atoms with Gasteiger partial charge in [0, 0.05) is 18.5 Å². The number of nitrogens with one attached hydrogen (secondary N) is 2. The van der Waals surface area contributed by atoms with Crippen molar-refractivity contribution in [2.75, 3.05) is 0 Å². The van der Waals surface area contributed by atoms with Gasteiger partial charge in [0.1, 0.15) is 6.04 Å². The van der Waals surface area contributed by atoms with E-state index in [9.17, 15) is 19.5 Å². The summed E-state index contributed by atoms with van der Waals surface area (Å²) >= 11 is 11.9. The maximum atomic E-state index is 12.4. The molecule has 6 nitrogen and oxygen atoms in total. The van der Waals surface area contributed by atoms with Gasteiger partial charge < -0.3 is 10.4 Å². The van der Waals surface area contributed by atoms with Crippen LogP contribution in [0.3, 0.4) is 0 Å². The summed E-state index contributed by atoms with van der Waals surface area (Å²) in [7, 11) is 0. The average Bonchev–Trinajstić information content (AvgIpc) is 2.81. The molecular formula is C25H22Cl2N2O4. The molecule has 0 aliphatic carbocycles. The Balaban J connectivity index is 1.50. The number of hydrogen-bond acceptors (Lipinski definition) is 4. The van der Waals surface area contributed by atoms with Crippen molar-refractivity contribution >= 4 is 41.0 Å². The van der Waals surface area contributed by atoms with E-state index in [0.717, 1.165) is 16.7 Å². The van der Waals surface area contributed by atoms with Gasteiger partial charge in [-0.1, -0.05) is 71.7 Å². The van der Waals surface area contributed by atoms with Gasteiger partial charge in [0.2, 0.25) is 5.91 Å². The smallest absolute Gasteiger partial charge is 0.320 e. The Kier molecular flexibility index (Phi) is 8.60. The minimum Gasteiger partial charge on any atom is -0.480 e. The lowest BCUT2D eigenvalue weighted by Crippen LogP contribution is -2.38. The molecule has 2 amide bonds. The largest absolute Gasteiger partial charge is 0.480 e. The first-order valence-electron chi connectivity index (χ1n) is 10.2. The van der Waals surface area contributed by atoms with E-state index in [2.05, 4.69) is 10.6 Å². The average molecular weight is 485 g/mol. The zero-order chi connectivity index (χ0) is 23.8. The Morgan fingerprint density at radius 2 is 1.52 bits per heavy atom. The van der Waals surface area contributed by atoms with Gasteiger partial charge in [-0.25, -0.2) is 0 Å². The van der Waals surface area contributed by atoms with Crippen molar-refractivity contribution in [2.45, 2.75) is 25.4 Å². The molecule has 3 aromatic rings. The minimum atomic E-state index is -1.09. The highest BCUT2D eigenvalue weighted by molar-refractivity contribution is 6.42. The van der Waals surface area contributed by atoms with Crippen LogP contribution in [0.15, 0.2) is 72.8 Å². The van der Waals surface area contributed by atoms with Crippen LogP contribution >= 0.6 is 23.2 Å². The van der Waals surface area contributed by atoms with Crippen LogP contribution in [-0.4, -0.2) is 28.9 Å². The second-order valence-corrected chi connectivity index (χ2v) is 8.19. The summed E-state index contributed by atoms with van der Waals surface area (Å²) in [5, 5.41) is 15.4. The Hall–Kier alpha value is -3.19. The third-order valence-electron chi connectivity index (χ3n) is 5.00. The Labute approximate surface area is 201 Å². The fourth-order valence-corrected chi connectivity index (χ4v) is 3.51. The number of aliphatic carboxylic acids is 1. The molecule has 1 atom stereocenters. The highest BCUT2D eigenvalue weighted by atomic mass is 35.5. The van der Waals surface area contributed by atoms with E-state index in [0.29, 0.717) is 15.6 Å². The Morgan fingerprint density at radius 1 is 0.848 bits per heavy atom. The molecule has 0 aromatic heterocycles. The normalized spacial score (nSPS) is 11.6. The van der Waals surface area contributed by atoms with Gasteiger partial charge in [0.25, 0.3) is 5.91 Å². The van der Waals surface area contributed by atoms with Gasteiger partial charge in [-0.3, -0.25) is 19.7 Å². The quantitative estimate of drug-likeness (QED) is 0.399. The van der Waals surface area contributed by atoms with Crippen LogP contribution < -0.4 is 10.6 Å². The molecule has 0 spiro atoms. The van der Waals surface area contributed by atoms with Crippen LogP contribution in [0.4, 0.5) is 0 Å². The highest BCUT2D eigenvalue weighted by Crippen LogP contribution is 2.22. The summed E-state index contributed by atoms with van der Waals surface area (Å²) < 4.78 is 0. The lowest BCUT2D eigenvalue weighted by molar-refractivity contribution is -0.139. The van der Waals surface area contributed by atoms with Crippen LogP contribution in [0.5, 0.6) is 0 Å². The van der Waals surface area contributed by atoms with Crippen molar-refractivity contribution in [3.05, 3.63) is 94.0 Å². The lowest BCUT2D eigenvalue weighted by Gasteiger charge is -2.14. The fourth-order valence-electron chi connectivity index (χ4n) is 3.18. The van der Waals surface area contributed by atoms with E-state index in [1.165, 1.54) is 0 Å². The molecule has 0 fully saturated rings. The maximum absolute atomic E-state index is 12.4. The number of carbonyl (C=O) groups excluding carboxylic acids is 2. The van der Waals surface area contributed by atoms with Crippen LogP contribution in [0, 0.1) is 0 Å². The van der Waals surface area contributed by atoms with Gasteiger partial charge in [0.15, 0.2) is 0 Å². The molecule has 0 heterocycles. The molecule has 8 heteroatoms. The van der Waals surface area contributed by atoms with Gasteiger partial charge >= 0.3 is 5.97 Å². The number of imide groups is 1. The molecule has 0 aliphatic heterocycles. The van der Waals surface area contributed by atoms with Gasteiger partial charge in [-0.05, 0) is 47.4 Å². The molecule has 170 valence electrons. The van der Waals surface area contributed by atoms with Crippen molar-refractivity contribution in [3.8, 4) is 11.1 Å². The molecule has 0 radical (unpaired) electrons. The Morgan fingerprint density at radius 3 is 2.15 bits per heavy atom. The second kappa shape index (κ2) is 11.6. The predicted octanol–water partition coefficient (Wildman–Crippen LogP) is 4.94. The monoisotopic (exact) mass is 484 g/mol. The van der Waals surface area contributed by atoms with Crippen LogP contribution in [0.25, 0.3) is 11.1 Å². The molecular weight excluding hydrogens is 463 g/mol. The molecule has 0 saturated carbocycles. The number of carboxylic acid groups (broad SMARTS) is 1. The zero-order valence-electron chi connectivity index (χ0n) is 17.6. The van der Waals surface area contributed by atoms with E-state index >= 15 is 0 Å². The van der Waals surface area contributed by atoms with Crippen molar-refractivity contribution in [1.29, 1.82) is 0 Å². The van der Waals surface area contributed by atoms with Crippen molar-refractivity contribution < 1.29 is 19.5 Å². The predicted molar refractivity (Wildman–Crippen MR) is 128 cm³/mol. The fraction of sp³-hybridized carbons (Fsp3) is 0.160. The van der Waals surface area contributed by atoms with E-state index in [1.54, 1.807) is 30.3 Å². The number of carbonyl (C=O) groups is 3. The van der Waals surface area contributed by atoms with Crippen LogP contribution in [-0.2, 0) is 16.1 Å². The summed E-state index contributed by atoms with van der Waals surface area (Å²) in [6.45, 7) is 0.238. The Bertz CT molecular complexity index is 1130. The van der Waals surface area contributed by atoms with E-state index in [1.807, 2.05) is 42.5 Å². The van der Waals surface area contributed by atoms with Crippen molar-refractivity contribution in [3.63, 3.8) is 0 Å². The van der Waals surface area contributed by atoms with Gasteiger partial charge in [-0.15, -0.1) is 0 Å². The minimum absolute atomic E-state index is 0.0166. The van der Waals surface area contributed by atoms with Gasteiger partial charge in [-0.2, -0.15) is 0 Å². The van der Waals surface area contributed by atoms with E-state index < -0.39 is 23.8 Å². The van der Waals surface area contributed by atoms with E-state index in [4.69, 9.17) is 23.2 Å². The summed E-state index contributed by atoms with van der Waals surface area (Å²) in [4.78, 5) is 36.1. The number of halogens is 2. The highest BCUT2D eigenvalue weighted by Gasteiger charge is 2.19. The van der Waals surface area contributed by atoms with Crippen LogP contribution in [0.2, 0.25) is 10.0 Å². The molecule has 3 N–H and O–H groups in total. The summed E-state index contributed by atoms with van der Waals surface area (Å²) in [5.74, 6) is -2.17. The molecule has 3 rings (SSSR count). The number of carboxylic acids is 1. The van der Waals surface area contributed by atoms with Crippen LogP contribution in [0.1, 0.15) is 28.8 Å². The second-order valence-electron chi connectivity index (χ2n) is 7.38. The first kappa shape index (κ1) is 24.5. The molecule has 0 aliphatic rings. The molecule has 0 saturated heterocycles. The number of benzene rings is 3. The molecule has 33 heavy (non-hydrogen) atoms. The lowest BCUT2D eigenvalue weighted by atomic mass is 10.0. The van der Waals surface area contributed by atoms with Gasteiger partial charge in [0.05, 0.1) is 10.0 Å². The standard InChI is InChI=1S/C25H22Cl2N2O4/c26-20-11-6-16(14-21(20)27)15-28-22(25(32)33)12-13-23(30)29-24(31)19-9-7-18(8-10-19)17-4-2-1-3-5-17/h1-11,14,22,28H,12-13,15H2,(H,32,33)(H,29,30,31)/t22-/m0/s1. The molecule has 0 bridgehead atoms. The van der Waals surface area contributed by atoms with Crippen molar-refractivity contribution in [1.82, 2.24) is 10.6 Å². The number of hydrogen-bond donors (Lipinski definition) is 3. The SMILES string of the molecule is O=C(CC[C@H](NCc1ccc(Cl)c(Cl)c1)C(=O)O)NC(=O)c1ccc(-c2ccccc2)cc1. The number of rotatable bonds is 9.